The molecule has 1 N–H and O–H groups in total. The summed E-state index contributed by atoms with van der Waals surface area (Å²) in [6, 6.07) is 3.65. The van der Waals surface area contributed by atoms with Gasteiger partial charge in [0.05, 0.1) is 11.0 Å². The lowest BCUT2D eigenvalue weighted by Crippen LogP contribution is -1.77. The monoisotopic (exact) mass is 230 g/mol. The highest BCUT2D eigenvalue weighted by Gasteiger charge is 2.01. The minimum absolute atomic E-state index is 0.504. The number of nitrogens with one attached hydrogen (secondary N) is 1. The lowest BCUT2D eigenvalue weighted by atomic mass is 10.4. The Morgan fingerprint density at radius 3 is 3.18 bits per heavy atom. The molecule has 2 rings (SSSR count). The van der Waals surface area contributed by atoms with Crippen molar-refractivity contribution in [1.29, 1.82) is 0 Å². The summed E-state index contributed by atoms with van der Waals surface area (Å²) in [5.74, 6) is 0. The van der Waals surface area contributed by atoms with Gasteiger partial charge in [-0.15, -0.1) is 0 Å². The Labute approximate surface area is 76.7 Å². The van der Waals surface area contributed by atoms with E-state index in [1.165, 1.54) is 0 Å². The van der Waals surface area contributed by atoms with E-state index in [0.29, 0.717) is 5.15 Å². The zero-order valence-corrected chi connectivity index (χ0v) is 7.78. The number of halogens is 2. The molecule has 0 unspecified atom stereocenters. The highest BCUT2D eigenvalue weighted by molar-refractivity contribution is 9.10. The first-order valence-electron chi connectivity index (χ1n) is 3.06. The van der Waals surface area contributed by atoms with Crippen LogP contribution in [0, 0.1) is 0 Å². The third kappa shape index (κ3) is 1.14. The van der Waals surface area contributed by atoms with Crippen molar-refractivity contribution in [2.24, 2.45) is 0 Å². The van der Waals surface area contributed by atoms with E-state index in [1.807, 2.05) is 12.3 Å². The van der Waals surface area contributed by atoms with Gasteiger partial charge in [-0.1, -0.05) is 11.6 Å². The van der Waals surface area contributed by atoms with E-state index >= 15 is 0 Å². The van der Waals surface area contributed by atoms with E-state index in [9.17, 15) is 0 Å². The molecule has 2 nitrogen and oxygen atoms in total. The van der Waals surface area contributed by atoms with Crippen molar-refractivity contribution >= 4 is 38.6 Å². The summed E-state index contributed by atoms with van der Waals surface area (Å²) >= 11 is 9.10. The Kier molecular flexibility index (Phi) is 1.62. The third-order valence-electron chi connectivity index (χ3n) is 1.44. The molecule has 0 spiro atoms. The van der Waals surface area contributed by atoms with Crippen LogP contribution >= 0.6 is 27.5 Å². The molecule has 0 atom stereocenters. The Balaban J connectivity index is 2.91. The zero-order valence-electron chi connectivity index (χ0n) is 5.44. The molecule has 0 aliphatic heterocycles. The molecule has 0 bridgehead atoms. The summed E-state index contributed by atoms with van der Waals surface area (Å²) in [6.07, 6.45) is 1.83. The largest absolute Gasteiger partial charge is 0.359 e. The summed E-state index contributed by atoms with van der Waals surface area (Å²) in [5.41, 5.74) is 1.86. The van der Waals surface area contributed by atoms with Gasteiger partial charge in [0.2, 0.25) is 0 Å². The molecule has 0 aliphatic carbocycles. The molecule has 2 aromatic rings. The average molecular weight is 231 g/mol. The van der Waals surface area contributed by atoms with Crippen LogP contribution in [0.4, 0.5) is 0 Å². The van der Waals surface area contributed by atoms with Crippen molar-refractivity contribution in [3.05, 3.63) is 28.0 Å². The smallest absolute Gasteiger partial charge is 0.131 e. The summed E-state index contributed by atoms with van der Waals surface area (Å²) in [5, 5.41) is 0.504. The van der Waals surface area contributed by atoms with E-state index in [2.05, 4.69) is 25.9 Å². The molecular formula is C7H4BrClN2. The maximum Gasteiger partial charge on any atom is 0.131 e. The van der Waals surface area contributed by atoms with Crippen LogP contribution in [-0.4, -0.2) is 9.97 Å². The van der Waals surface area contributed by atoms with Gasteiger partial charge in [-0.3, -0.25) is 0 Å². The fourth-order valence-corrected chi connectivity index (χ4v) is 1.84. The molecule has 4 heteroatoms. The minimum Gasteiger partial charge on any atom is -0.359 e. The Hall–Kier alpha value is -0.540. The zero-order chi connectivity index (χ0) is 7.84. The second-order valence-corrected chi connectivity index (χ2v) is 3.41. The number of hydrogen-bond acceptors (Lipinski definition) is 1. The van der Waals surface area contributed by atoms with Crippen molar-refractivity contribution in [3.63, 3.8) is 0 Å². The third-order valence-corrected chi connectivity index (χ3v) is 2.26. The lowest BCUT2D eigenvalue weighted by molar-refractivity contribution is 1.39. The standard InChI is InChI=1S/C7H4BrClN2/c8-4-3-6(9)11-5-1-2-10-7(4)5/h1-3,10H. The molecule has 0 fully saturated rings. The predicted molar refractivity (Wildman–Crippen MR) is 48.8 cm³/mol. The molecule has 2 heterocycles. The fourth-order valence-electron chi connectivity index (χ4n) is 0.970. The quantitative estimate of drug-likeness (QED) is 0.694. The van der Waals surface area contributed by atoms with Crippen LogP contribution in [0.15, 0.2) is 22.8 Å². The molecule has 0 saturated carbocycles. The van der Waals surface area contributed by atoms with E-state index < -0.39 is 0 Å². The molecule has 11 heavy (non-hydrogen) atoms. The summed E-state index contributed by atoms with van der Waals surface area (Å²) in [4.78, 5) is 7.15. The Morgan fingerprint density at radius 1 is 1.55 bits per heavy atom. The average Bonchev–Trinajstić information content (AvgIpc) is 2.34. The Bertz CT molecular complexity index is 396. The maximum atomic E-state index is 5.73. The predicted octanol–water partition coefficient (Wildman–Crippen LogP) is 2.98. The van der Waals surface area contributed by atoms with Crippen LogP contribution in [0.5, 0.6) is 0 Å². The van der Waals surface area contributed by atoms with E-state index in [1.54, 1.807) is 6.07 Å². The molecule has 0 amide bonds. The van der Waals surface area contributed by atoms with Gasteiger partial charge in [0.1, 0.15) is 5.15 Å². The number of nitrogens with zero attached hydrogens (tertiary/aromatic N) is 1. The van der Waals surface area contributed by atoms with E-state index in [0.717, 1.165) is 15.5 Å². The number of hydrogen-bond donors (Lipinski definition) is 1. The maximum absolute atomic E-state index is 5.73. The topological polar surface area (TPSA) is 28.7 Å². The van der Waals surface area contributed by atoms with Crippen LogP contribution in [0.25, 0.3) is 11.0 Å². The van der Waals surface area contributed by atoms with Gasteiger partial charge in [0.15, 0.2) is 0 Å². The van der Waals surface area contributed by atoms with Gasteiger partial charge in [-0.25, -0.2) is 4.98 Å². The van der Waals surface area contributed by atoms with Crippen molar-refractivity contribution < 1.29 is 0 Å². The van der Waals surface area contributed by atoms with Gasteiger partial charge in [0.25, 0.3) is 0 Å². The molecular weight excluding hydrogens is 227 g/mol. The number of H-pyrrole nitrogens is 1. The first kappa shape index (κ1) is 7.13. The number of aromatic nitrogens is 2. The second-order valence-electron chi connectivity index (χ2n) is 2.16. The van der Waals surface area contributed by atoms with Gasteiger partial charge in [-0.05, 0) is 28.1 Å². The van der Waals surface area contributed by atoms with Crippen LogP contribution in [0.1, 0.15) is 0 Å². The van der Waals surface area contributed by atoms with Gasteiger partial charge < -0.3 is 4.98 Å². The van der Waals surface area contributed by atoms with Crippen molar-refractivity contribution in [2.45, 2.75) is 0 Å². The first-order chi connectivity index (χ1) is 5.27. The SMILES string of the molecule is Clc1cc(Br)c2[nH]ccc2n1. The van der Waals surface area contributed by atoms with Crippen LogP contribution < -0.4 is 0 Å². The summed E-state index contributed by atoms with van der Waals surface area (Å²) in [6.45, 7) is 0. The number of pyridine rings is 1. The first-order valence-corrected chi connectivity index (χ1v) is 4.23. The minimum atomic E-state index is 0.504. The molecule has 2 aromatic heterocycles. The van der Waals surface area contributed by atoms with Crippen molar-refractivity contribution in [2.75, 3.05) is 0 Å². The molecule has 56 valence electrons. The van der Waals surface area contributed by atoms with E-state index in [-0.39, 0.29) is 0 Å². The van der Waals surface area contributed by atoms with Gasteiger partial charge in [-0.2, -0.15) is 0 Å². The highest BCUT2D eigenvalue weighted by Crippen LogP contribution is 2.23. The normalized spacial score (nSPS) is 10.7. The molecule has 0 radical (unpaired) electrons. The van der Waals surface area contributed by atoms with Crippen LogP contribution in [0.3, 0.4) is 0 Å². The van der Waals surface area contributed by atoms with E-state index in [4.69, 9.17) is 11.6 Å². The molecule has 0 saturated heterocycles. The number of fused-ring (bicyclic) bond motifs is 1. The second kappa shape index (κ2) is 2.50. The van der Waals surface area contributed by atoms with Crippen LogP contribution in [-0.2, 0) is 0 Å². The van der Waals surface area contributed by atoms with Crippen molar-refractivity contribution in [3.8, 4) is 0 Å². The fraction of sp³-hybridized carbons (Fsp3) is 0. The van der Waals surface area contributed by atoms with Crippen LogP contribution in [0.2, 0.25) is 5.15 Å². The van der Waals surface area contributed by atoms with Gasteiger partial charge >= 0.3 is 0 Å². The summed E-state index contributed by atoms with van der Waals surface area (Å²) in [7, 11) is 0. The van der Waals surface area contributed by atoms with Gasteiger partial charge in [0, 0.05) is 10.7 Å². The number of rotatable bonds is 0. The lowest BCUT2D eigenvalue weighted by Gasteiger charge is -1.93. The molecule has 0 aromatic carbocycles. The Morgan fingerprint density at radius 2 is 2.36 bits per heavy atom. The highest BCUT2D eigenvalue weighted by atomic mass is 79.9. The van der Waals surface area contributed by atoms with Crippen molar-refractivity contribution in [1.82, 2.24) is 9.97 Å². The molecule has 0 aliphatic rings. The number of aromatic amines is 1. The summed E-state index contributed by atoms with van der Waals surface area (Å²) < 4.78 is 0.942.